The lowest BCUT2D eigenvalue weighted by molar-refractivity contribution is -0.0414. The molecule has 3 heteroatoms. The predicted octanol–water partition coefficient (Wildman–Crippen LogP) is 1.39. The van der Waals surface area contributed by atoms with E-state index in [1.807, 2.05) is 12.1 Å². The molecule has 1 N–H and O–H groups in total. The molecule has 1 unspecified atom stereocenters. The van der Waals surface area contributed by atoms with E-state index >= 15 is 0 Å². The molecule has 0 aromatic carbocycles. The highest BCUT2D eigenvalue weighted by Crippen LogP contribution is 2.27. The quantitative estimate of drug-likeness (QED) is 0.765. The van der Waals surface area contributed by atoms with Crippen molar-refractivity contribution >= 4 is 0 Å². The zero-order valence-electron chi connectivity index (χ0n) is 7.48. The lowest BCUT2D eigenvalue weighted by atomic mass is 9.92. The highest BCUT2D eigenvalue weighted by Gasteiger charge is 2.24. The average molecular weight is 182 g/mol. The molecule has 0 radical (unpaired) electrons. The summed E-state index contributed by atoms with van der Waals surface area (Å²) in [6.07, 6.45) is 2.61. The van der Waals surface area contributed by atoms with Gasteiger partial charge in [0.1, 0.15) is 5.76 Å². The molecule has 1 atom stereocenters. The lowest BCUT2D eigenvalue weighted by Crippen LogP contribution is -2.29. The average Bonchev–Trinajstić information content (AvgIpc) is 2.55. The number of hydrogen-bond acceptors (Lipinski definition) is 3. The third-order valence-electron chi connectivity index (χ3n) is 2.49. The maximum atomic E-state index is 9.17. The molecule has 0 bridgehead atoms. The third kappa shape index (κ3) is 1.92. The van der Waals surface area contributed by atoms with Crippen LogP contribution in [-0.4, -0.2) is 24.9 Å². The van der Waals surface area contributed by atoms with Crippen LogP contribution < -0.4 is 0 Å². The van der Waals surface area contributed by atoms with Crippen LogP contribution in [0.5, 0.6) is 0 Å². The van der Waals surface area contributed by atoms with E-state index in [1.54, 1.807) is 6.26 Å². The summed E-state index contributed by atoms with van der Waals surface area (Å²) in [4.78, 5) is 0. The van der Waals surface area contributed by atoms with Crippen LogP contribution in [0.4, 0.5) is 0 Å². The highest BCUT2D eigenvalue weighted by atomic mass is 16.5. The fourth-order valence-electron chi connectivity index (χ4n) is 1.63. The molecule has 1 fully saturated rings. The van der Waals surface area contributed by atoms with Crippen LogP contribution >= 0.6 is 0 Å². The summed E-state index contributed by atoms with van der Waals surface area (Å²) in [5, 5.41) is 9.17. The summed E-state index contributed by atoms with van der Waals surface area (Å²) in [5.41, 5.74) is 0. The molecule has 1 aliphatic rings. The minimum absolute atomic E-state index is 0.142. The Kier molecular flexibility index (Phi) is 2.66. The topological polar surface area (TPSA) is 42.6 Å². The van der Waals surface area contributed by atoms with Gasteiger partial charge in [0.2, 0.25) is 0 Å². The van der Waals surface area contributed by atoms with Crippen LogP contribution in [0.25, 0.3) is 0 Å². The van der Waals surface area contributed by atoms with Crippen molar-refractivity contribution in [2.45, 2.75) is 12.3 Å². The van der Waals surface area contributed by atoms with E-state index in [0.717, 1.165) is 25.4 Å². The monoisotopic (exact) mass is 182 g/mol. The van der Waals surface area contributed by atoms with Crippen molar-refractivity contribution in [3.63, 3.8) is 0 Å². The van der Waals surface area contributed by atoms with Gasteiger partial charge in [-0.25, -0.2) is 0 Å². The second-order valence-corrected chi connectivity index (χ2v) is 3.53. The van der Waals surface area contributed by atoms with Crippen molar-refractivity contribution in [3.8, 4) is 0 Å². The number of aliphatic hydroxyl groups excluding tert-OH is 1. The number of furan rings is 1. The van der Waals surface area contributed by atoms with Crippen molar-refractivity contribution in [1.82, 2.24) is 0 Å². The Balaban J connectivity index is 1.92. The molecular formula is C10H14O3. The van der Waals surface area contributed by atoms with Gasteiger partial charge in [0.05, 0.1) is 26.1 Å². The van der Waals surface area contributed by atoms with Gasteiger partial charge in [0.15, 0.2) is 0 Å². The number of hydrogen-bond donors (Lipinski definition) is 1. The van der Waals surface area contributed by atoms with Crippen LogP contribution in [0.2, 0.25) is 0 Å². The van der Waals surface area contributed by atoms with Gasteiger partial charge in [0, 0.05) is 11.8 Å². The zero-order chi connectivity index (χ0) is 9.10. The van der Waals surface area contributed by atoms with Crippen molar-refractivity contribution in [1.29, 1.82) is 0 Å². The summed E-state index contributed by atoms with van der Waals surface area (Å²) >= 11 is 0. The first-order chi connectivity index (χ1) is 6.40. The van der Waals surface area contributed by atoms with Crippen molar-refractivity contribution in [2.75, 3.05) is 19.8 Å². The van der Waals surface area contributed by atoms with Gasteiger partial charge < -0.3 is 14.3 Å². The zero-order valence-corrected chi connectivity index (χ0v) is 7.48. The summed E-state index contributed by atoms with van der Waals surface area (Å²) in [6.45, 7) is 1.82. The Morgan fingerprint density at radius 3 is 2.85 bits per heavy atom. The predicted molar refractivity (Wildman–Crippen MR) is 47.5 cm³/mol. The van der Waals surface area contributed by atoms with E-state index in [0.29, 0.717) is 5.92 Å². The molecule has 0 aliphatic carbocycles. The molecule has 1 aliphatic heterocycles. The molecule has 72 valence electrons. The molecule has 3 nitrogen and oxygen atoms in total. The van der Waals surface area contributed by atoms with Crippen molar-refractivity contribution in [2.24, 2.45) is 5.92 Å². The minimum atomic E-state index is 0.142. The molecule has 0 amide bonds. The SMILES string of the molecule is OCC(CC1COC1)c1ccco1. The molecular weight excluding hydrogens is 168 g/mol. The fourth-order valence-corrected chi connectivity index (χ4v) is 1.63. The summed E-state index contributed by atoms with van der Waals surface area (Å²) in [6, 6.07) is 3.77. The Morgan fingerprint density at radius 2 is 2.38 bits per heavy atom. The Morgan fingerprint density at radius 1 is 1.54 bits per heavy atom. The summed E-state index contributed by atoms with van der Waals surface area (Å²) in [7, 11) is 0. The van der Waals surface area contributed by atoms with Gasteiger partial charge in [-0.2, -0.15) is 0 Å². The van der Waals surface area contributed by atoms with Crippen LogP contribution in [0.3, 0.4) is 0 Å². The standard InChI is InChI=1S/C10H14O3/c11-5-9(4-8-6-12-7-8)10-2-1-3-13-10/h1-3,8-9,11H,4-7H2. The van der Waals surface area contributed by atoms with Gasteiger partial charge in [-0.1, -0.05) is 0 Å². The molecule has 1 aromatic heterocycles. The molecule has 1 aromatic rings. The second kappa shape index (κ2) is 3.94. The van der Waals surface area contributed by atoms with E-state index in [9.17, 15) is 0 Å². The number of ether oxygens (including phenoxy) is 1. The van der Waals surface area contributed by atoms with Crippen molar-refractivity contribution < 1.29 is 14.3 Å². The molecule has 2 rings (SSSR count). The minimum Gasteiger partial charge on any atom is -0.469 e. The summed E-state index contributed by atoms with van der Waals surface area (Å²) < 4.78 is 10.3. The number of rotatable bonds is 4. The van der Waals surface area contributed by atoms with E-state index in [4.69, 9.17) is 14.3 Å². The van der Waals surface area contributed by atoms with E-state index in [2.05, 4.69) is 0 Å². The summed E-state index contributed by atoms with van der Waals surface area (Å²) in [5.74, 6) is 1.63. The van der Waals surface area contributed by atoms with Crippen LogP contribution in [0, 0.1) is 5.92 Å². The smallest absolute Gasteiger partial charge is 0.109 e. The first-order valence-electron chi connectivity index (χ1n) is 4.62. The first-order valence-corrected chi connectivity index (χ1v) is 4.62. The molecule has 1 saturated heterocycles. The van der Waals surface area contributed by atoms with Crippen molar-refractivity contribution in [3.05, 3.63) is 24.2 Å². The lowest BCUT2D eigenvalue weighted by Gasteiger charge is -2.28. The molecule has 2 heterocycles. The largest absolute Gasteiger partial charge is 0.469 e. The maximum absolute atomic E-state index is 9.17. The second-order valence-electron chi connectivity index (χ2n) is 3.53. The molecule has 0 saturated carbocycles. The van der Waals surface area contributed by atoms with Gasteiger partial charge in [-0.3, -0.25) is 0 Å². The van der Waals surface area contributed by atoms with Crippen LogP contribution in [0.1, 0.15) is 18.1 Å². The van der Waals surface area contributed by atoms with Gasteiger partial charge in [-0.05, 0) is 18.6 Å². The van der Waals surface area contributed by atoms with Crippen LogP contribution in [0.15, 0.2) is 22.8 Å². The molecule has 13 heavy (non-hydrogen) atoms. The molecule has 0 spiro atoms. The maximum Gasteiger partial charge on any atom is 0.109 e. The number of aliphatic hydroxyl groups is 1. The van der Waals surface area contributed by atoms with Crippen LogP contribution in [-0.2, 0) is 4.74 Å². The Bertz CT molecular complexity index is 239. The Labute approximate surface area is 77.3 Å². The van der Waals surface area contributed by atoms with Gasteiger partial charge in [0.25, 0.3) is 0 Å². The van der Waals surface area contributed by atoms with Gasteiger partial charge in [-0.15, -0.1) is 0 Å². The van der Waals surface area contributed by atoms with E-state index in [1.165, 1.54) is 0 Å². The van der Waals surface area contributed by atoms with Gasteiger partial charge >= 0.3 is 0 Å². The van der Waals surface area contributed by atoms with E-state index < -0.39 is 0 Å². The van der Waals surface area contributed by atoms with E-state index in [-0.39, 0.29) is 12.5 Å². The first kappa shape index (κ1) is 8.78. The third-order valence-corrected chi connectivity index (χ3v) is 2.49. The fraction of sp³-hybridized carbons (Fsp3) is 0.600. The normalized spacial score (nSPS) is 19.8. The highest BCUT2D eigenvalue weighted by molar-refractivity contribution is 5.05. The Hall–Kier alpha value is -0.800.